The third kappa shape index (κ3) is 2.07. The molecule has 1 radical (unpaired) electrons. The van der Waals surface area contributed by atoms with Crippen LogP contribution < -0.4 is 0 Å². The third-order valence-electron chi connectivity index (χ3n) is 2.15. The average Bonchev–Trinajstić information content (AvgIpc) is 2.86. The first kappa shape index (κ1) is 6.90. The number of hydrogen-bond donors (Lipinski definition) is 0. The van der Waals surface area contributed by atoms with E-state index in [1.807, 2.05) is 0 Å². The highest BCUT2D eigenvalue weighted by atomic mass is 14.3. The van der Waals surface area contributed by atoms with Crippen molar-refractivity contribution in [3.05, 3.63) is 42.3 Å². The van der Waals surface area contributed by atoms with Gasteiger partial charge in [0.1, 0.15) is 0 Å². The number of rotatable bonds is 3. The summed E-state index contributed by atoms with van der Waals surface area (Å²) in [5.74, 6) is 0.940. The summed E-state index contributed by atoms with van der Waals surface area (Å²) in [5.41, 5.74) is 1.44. The molecule has 0 spiro atoms. The van der Waals surface area contributed by atoms with Crippen LogP contribution in [0.5, 0.6) is 0 Å². The molecule has 1 aliphatic rings. The van der Waals surface area contributed by atoms with Gasteiger partial charge in [0.15, 0.2) is 0 Å². The van der Waals surface area contributed by atoms with Gasteiger partial charge in [0.05, 0.1) is 0 Å². The van der Waals surface area contributed by atoms with Crippen molar-refractivity contribution >= 4 is 0 Å². The van der Waals surface area contributed by atoms with Crippen molar-refractivity contribution in [2.45, 2.75) is 19.3 Å². The van der Waals surface area contributed by atoms with Gasteiger partial charge in [-0.3, -0.25) is 0 Å². The van der Waals surface area contributed by atoms with Gasteiger partial charge in [-0.15, -0.1) is 0 Å². The lowest BCUT2D eigenvalue weighted by Crippen LogP contribution is -1.86. The highest BCUT2D eigenvalue weighted by Crippen LogP contribution is 2.32. The van der Waals surface area contributed by atoms with Gasteiger partial charge in [-0.05, 0) is 37.2 Å². The Kier molecular flexibility index (Phi) is 1.93. The van der Waals surface area contributed by atoms with Crippen LogP contribution in [0.1, 0.15) is 18.4 Å². The molecule has 0 aliphatic heterocycles. The van der Waals surface area contributed by atoms with E-state index in [-0.39, 0.29) is 0 Å². The van der Waals surface area contributed by atoms with Crippen molar-refractivity contribution in [3.63, 3.8) is 0 Å². The van der Waals surface area contributed by atoms with E-state index in [0.29, 0.717) is 0 Å². The Morgan fingerprint density at radius 2 is 1.91 bits per heavy atom. The van der Waals surface area contributed by atoms with Gasteiger partial charge in [-0.2, -0.15) is 0 Å². The lowest BCUT2D eigenvalue weighted by molar-refractivity contribution is 0.925. The number of hydrogen-bond acceptors (Lipinski definition) is 0. The molecule has 0 heteroatoms. The second kappa shape index (κ2) is 3.08. The minimum atomic E-state index is 0.940. The van der Waals surface area contributed by atoms with Gasteiger partial charge >= 0.3 is 0 Å². The zero-order valence-electron chi connectivity index (χ0n) is 6.66. The summed E-state index contributed by atoms with van der Waals surface area (Å²) in [6.45, 7) is 0. The summed E-state index contributed by atoms with van der Waals surface area (Å²) in [6.07, 6.45) is 6.44. The first-order valence-electron chi connectivity index (χ1n) is 4.32. The normalized spacial score (nSPS) is 16.7. The smallest absolute Gasteiger partial charge is 0.0245 e. The van der Waals surface area contributed by atoms with Crippen LogP contribution in [-0.4, -0.2) is 0 Å². The van der Waals surface area contributed by atoms with Crippen LogP contribution in [-0.2, 0) is 6.42 Å². The van der Waals surface area contributed by atoms with E-state index < -0.39 is 0 Å². The molecule has 0 nitrogen and oxygen atoms in total. The maximum Gasteiger partial charge on any atom is -0.0245 e. The van der Waals surface area contributed by atoms with E-state index in [1.165, 1.54) is 18.4 Å². The molecule has 0 saturated heterocycles. The summed E-state index contributed by atoms with van der Waals surface area (Å²) in [7, 11) is 0. The second-order valence-corrected chi connectivity index (χ2v) is 3.26. The Balaban J connectivity index is 1.85. The summed E-state index contributed by atoms with van der Waals surface area (Å²) in [4.78, 5) is 0. The summed E-state index contributed by atoms with van der Waals surface area (Å²) < 4.78 is 0. The molecule has 57 valence electrons. The standard InChI is InChI=1S/C11H13/c1-2-4-10(5-3-1)6-7-11-8-9-11/h1-5,7,11H,6,8-9H2. The van der Waals surface area contributed by atoms with E-state index in [4.69, 9.17) is 0 Å². The fourth-order valence-electron chi connectivity index (χ4n) is 1.25. The molecular weight excluding hydrogens is 132 g/mol. The Hall–Kier alpha value is -0.780. The minimum Gasteiger partial charge on any atom is -0.0622 e. The van der Waals surface area contributed by atoms with Crippen molar-refractivity contribution < 1.29 is 0 Å². The van der Waals surface area contributed by atoms with Crippen LogP contribution in [0, 0.1) is 12.3 Å². The van der Waals surface area contributed by atoms with Gasteiger partial charge < -0.3 is 0 Å². The molecule has 1 fully saturated rings. The zero-order valence-corrected chi connectivity index (χ0v) is 6.66. The zero-order chi connectivity index (χ0) is 7.52. The lowest BCUT2D eigenvalue weighted by atomic mass is 10.1. The fourth-order valence-corrected chi connectivity index (χ4v) is 1.25. The molecule has 2 rings (SSSR count). The van der Waals surface area contributed by atoms with Gasteiger partial charge in [-0.1, -0.05) is 30.3 Å². The van der Waals surface area contributed by atoms with E-state index >= 15 is 0 Å². The maximum absolute atomic E-state index is 2.44. The topological polar surface area (TPSA) is 0 Å². The van der Waals surface area contributed by atoms with Crippen LogP contribution in [0.3, 0.4) is 0 Å². The maximum atomic E-state index is 2.44. The monoisotopic (exact) mass is 145 g/mol. The highest BCUT2D eigenvalue weighted by molar-refractivity contribution is 5.17. The molecular formula is C11H13. The molecule has 1 aromatic carbocycles. The van der Waals surface area contributed by atoms with Crippen molar-refractivity contribution in [1.29, 1.82) is 0 Å². The quantitative estimate of drug-likeness (QED) is 0.613. The first-order chi connectivity index (χ1) is 5.45. The van der Waals surface area contributed by atoms with Crippen molar-refractivity contribution in [1.82, 2.24) is 0 Å². The van der Waals surface area contributed by atoms with Gasteiger partial charge in [0, 0.05) is 0 Å². The van der Waals surface area contributed by atoms with Gasteiger partial charge in [0.2, 0.25) is 0 Å². The van der Waals surface area contributed by atoms with Crippen LogP contribution in [0.15, 0.2) is 30.3 Å². The highest BCUT2D eigenvalue weighted by Gasteiger charge is 2.20. The SMILES string of the molecule is [CH](Cc1ccccc1)C1CC1. The average molecular weight is 145 g/mol. The Morgan fingerprint density at radius 3 is 2.55 bits per heavy atom. The van der Waals surface area contributed by atoms with E-state index in [0.717, 1.165) is 12.3 Å². The van der Waals surface area contributed by atoms with Crippen LogP contribution in [0.4, 0.5) is 0 Å². The van der Waals surface area contributed by atoms with Crippen LogP contribution >= 0.6 is 0 Å². The van der Waals surface area contributed by atoms with E-state index in [1.54, 1.807) is 0 Å². The first-order valence-corrected chi connectivity index (χ1v) is 4.32. The second-order valence-electron chi connectivity index (χ2n) is 3.26. The largest absolute Gasteiger partial charge is 0.0622 e. The van der Waals surface area contributed by atoms with Gasteiger partial charge in [-0.25, -0.2) is 0 Å². The molecule has 1 saturated carbocycles. The number of benzene rings is 1. The van der Waals surface area contributed by atoms with E-state index in [9.17, 15) is 0 Å². The summed E-state index contributed by atoms with van der Waals surface area (Å²) in [5, 5.41) is 0. The molecule has 0 N–H and O–H groups in total. The third-order valence-corrected chi connectivity index (χ3v) is 2.15. The summed E-state index contributed by atoms with van der Waals surface area (Å²) in [6, 6.07) is 10.7. The van der Waals surface area contributed by atoms with Crippen molar-refractivity contribution in [2.24, 2.45) is 5.92 Å². The Labute approximate surface area is 68.3 Å². The fraction of sp³-hybridized carbons (Fsp3) is 0.364. The minimum absolute atomic E-state index is 0.940. The molecule has 0 atom stereocenters. The molecule has 0 heterocycles. The Bertz CT molecular complexity index is 209. The molecule has 11 heavy (non-hydrogen) atoms. The predicted molar refractivity (Wildman–Crippen MR) is 47.2 cm³/mol. The van der Waals surface area contributed by atoms with Crippen LogP contribution in [0.25, 0.3) is 0 Å². The molecule has 0 bridgehead atoms. The molecule has 1 aromatic rings. The summed E-state index contributed by atoms with van der Waals surface area (Å²) >= 11 is 0. The van der Waals surface area contributed by atoms with Crippen molar-refractivity contribution in [2.75, 3.05) is 0 Å². The molecule has 0 amide bonds. The van der Waals surface area contributed by atoms with Gasteiger partial charge in [0.25, 0.3) is 0 Å². The predicted octanol–water partition coefficient (Wildman–Crippen LogP) is 2.84. The van der Waals surface area contributed by atoms with Crippen LogP contribution in [0.2, 0.25) is 0 Å². The lowest BCUT2D eigenvalue weighted by Gasteiger charge is -1.97. The molecule has 0 unspecified atom stereocenters. The molecule has 0 aromatic heterocycles. The van der Waals surface area contributed by atoms with E-state index in [2.05, 4.69) is 36.8 Å². The molecule has 1 aliphatic carbocycles. The Morgan fingerprint density at radius 1 is 1.18 bits per heavy atom. The van der Waals surface area contributed by atoms with Crippen molar-refractivity contribution in [3.8, 4) is 0 Å².